The maximum Gasteiger partial charge on any atom is 0.255 e. The Morgan fingerprint density at radius 2 is 1.88 bits per heavy atom. The fourth-order valence-electron chi connectivity index (χ4n) is 6.18. The van der Waals surface area contributed by atoms with Crippen LogP contribution in [0.2, 0.25) is 5.02 Å². The maximum atomic E-state index is 15.3. The molecule has 1 saturated heterocycles. The van der Waals surface area contributed by atoms with Gasteiger partial charge in [-0.15, -0.1) is 0 Å². The number of hydrogen-bond donors (Lipinski definition) is 2. The summed E-state index contributed by atoms with van der Waals surface area (Å²) in [6.45, 7) is 7.76. The van der Waals surface area contributed by atoms with Gasteiger partial charge in [-0.1, -0.05) is 29.8 Å². The molecule has 52 heavy (non-hydrogen) atoms. The number of imidazole rings is 1. The number of carbonyl (C=O) groups excluding carboxylic acids is 1. The molecule has 10 nitrogen and oxygen atoms in total. The first kappa shape index (κ1) is 35.2. The van der Waals surface area contributed by atoms with Crippen LogP contribution < -0.4 is 10.1 Å². The van der Waals surface area contributed by atoms with Crippen LogP contribution in [-0.2, 0) is 24.9 Å². The second-order valence-corrected chi connectivity index (χ2v) is 13.4. The van der Waals surface area contributed by atoms with Crippen molar-refractivity contribution in [3.05, 3.63) is 117 Å². The average molecular weight is 726 g/mol. The van der Waals surface area contributed by atoms with Crippen molar-refractivity contribution in [3.63, 3.8) is 0 Å². The van der Waals surface area contributed by atoms with Crippen molar-refractivity contribution in [2.45, 2.75) is 39.8 Å². The first-order valence-corrected chi connectivity index (χ1v) is 17.5. The summed E-state index contributed by atoms with van der Waals surface area (Å²) in [4.78, 5) is 25.0. The molecule has 3 aromatic carbocycles. The second kappa shape index (κ2) is 15.2. The summed E-state index contributed by atoms with van der Waals surface area (Å²) < 4.78 is 42.0. The van der Waals surface area contributed by atoms with E-state index in [0.29, 0.717) is 57.2 Å². The van der Waals surface area contributed by atoms with E-state index < -0.39 is 17.5 Å². The number of fused-ring (bicyclic) bond motifs is 2. The van der Waals surface area contributed by atoms with Crippen LogP contribution >= 0.6 is 11.6 Å². The Morgan fingerprint density at radius 1 is 1.08 bits per heavy atom. The van der Waals surface area contributed by atoms with Crippen molar-refractivity contribution in [1.82, 2.24) is 29.6 Å². The van der Waals surface area contributed by atoms with Crippen LogP contribution in [0.25, 0.3) is 27.5 Å². The summed E-state index contributed by atoms with van der Waals surface area (Å²) in [5, 5.41) is 10.4. The number of H-pyrrole nitrogens is 1. The lowest BCUT2D eigenvalue weighted by atomic mass is 10.0. The number of benzene rings is 3. The van der Waals surface area contributed by atoms with E-state index in [9.17, 15) is 9.18 Å². The number of nitrogens with zero attached hydrogens (tertiary/aromatic N) is 5. The first-order chi connectivity index (χ1) is 25.1. The van der Waals surface area contributed by atoms with Gasteiger partial charge >= 0.3 is 0 Å². The van der Waals surface area contributed by atoms with Gasteiger partial charge in [0, 0.05) is 61.3 Å². The third-order valence-corrected chi connectivity index (χ3v) is 9.54. The van der Waals surface area contributed by atoms with Crippen LogP contribution in [-0.4, -0.2) is 61.8 Å². The topological polar surface area (TPSA) is 110 Å². The molecule has 1 amide bonds. The van der Waals surface area contributed by atoms with Crippen LogP contribution in [0.1, 0.15) is 51.5 Å². The standard InChI is InChI=1S/C36H32ClF2N7O2.C3H6O/c1-20-15-29(34(39)33-21(2)43-44-35(20)33)42-36(47)23-8-10-30-28(16-23)40-31(45(30)3)18-46-13-11-22(12-14-46)27-5-4-6-32(41-27)48-19-24-7-9-25(37)17-26(24)38;1-2-4-3-1/h4-11,15-17H,12-14,18-19H2,1-3H3,(H,42,47)(H,43,44);1-3H2. The number of pyridine rings is 1. The van der Waals surface area contributed by atoms with Gasteiger partial charge in [-0.3, -0.25) is 14.8 Å². The Balaban J connectivity index is 0.000000985. The highest BCUT2D eigenvalue weighted by molar-refractivity contribution is 6.30. The van der Waals surface area contributed by atoms with Gasteiger partial charge in [-0.25, -0.2) is 18.7 Å². The molecule has 0 spiro atoms. The molecule has 2 aliphatic heterocycles. The predicted octanol–water partition coefficient (Wildman–Crippen LogP) is 7.92. The molecule has 268 valence electrons. The van der Waals surface area contributed by atoms with Gasteiger partial charge in [0.05, 0.1) is 39.9 Å². The lowest BCUT2D eigenvalue weighted by Crippen LogP contribution is -2.29. The lowest BCUT2D eigenvalue weighted by Gasteiger charge is -2.25. The quantitative estimate of drug-likeness (QED) is 0.164. The largest absolute Gasteiger partial charge is 0.473 e. The van der Waals surface area contributed by atoms with E-state index >= 15 is 4.39 Å². The molecule has 2 N–H and O–H groups in total. The molecule has 5 heterocycles. The van der Waals surface area contributed by atoms with E-state index in [1.165, 1.54) is 12.5 Å². The van der Waals surface area contributed by atoms with Crippen molar-refractivity contribution >= 4 is 50.7 Å². The summed E-state index contributed by atoms with van der Waals surface area (Å²) in [6, 6.07) is 17.0. The molecule has 0 aliphatic carbocycles. The molecule has 8 rings (SSSR count). The Morgan fingerprint density at radius 3 is 2.62 bits per heavy atom. The van der Waals surface area contributed by atoms with Crippen molar-refractivity contribution < 1.29 is 23.0 Å². The number of halogens is 3. The lowest BCUT2D eigenvalue weighted by molar-refractivity contribution is 0.0367. The molecule has 0 bridgehead atoms. The Hall–Kier alpha value is -5.17. The summed E-state index contributed by atoms with van der Waals surface area (Å²) in [5.74, 6) is -0.0614. The van der Waals surface area contributed by atoms with E-state index in [4.69, 9.17) is 26.1 Å². The van der Waals surface area contributed by atoms with Gasteiger partial charge in [0.2, 0.25) is 5.88 Å². The Bertz CT molecular complexity index is 2310. The van der Waals surface area contributed by atoms with Crippen LogP contribution in [0.3, 0.4) is 0 Å². The van der Waals surface area contributed by atoms with E-state index in [0.717, 1.165) is 54.4 Å². The van der Waals surface area contributed by atoms with E-state index in [2.05, 4.69) is 31.5 Å². The summed E-state index contributed by atoms with van der Waals surface area (Å²) in [6.07, 6.45) is 4.22. The fraction of sp³-hybridized carbons (Fsp3) is 0.282. The molecule has 0 saturated carbocycles. The Kier molecular flexibility index (Phi) is 10.3. The van der Waals surface area contributed by atoms with Gasteiger partial charge < -0.3 is 19.4 Å². The zero-order valence-corrected chi connectivity index (χ0v) is 29.9. The van der Waals surface area contributed by atoms with Crippen molar-refractivity contribution in [2.24, 2.45) is 7.05 Å². The zero-order chi connectivity index (χ0) is 36.4. The Labute approximate surface area is 304 Å². The summed E-state index contributed by atoms with van der Waals surface area (Å²) in [5.41, 5.74) is 6.33. The van der Waals surface area contributed by atoms with Crippen LogP contribution in [0.5, 0.6) is 5.88 Å². The first-order valence-electron chi connectivity index (χ1n) is 17.1. The molecule has 6 aromatic rings. The van der Waals surface area contributed by atoms with Crippen LogP contribution in [0, 0.1) is 25.5 Å². The van der Waals surface area contributed by atoms with Crippen LogP contribution in [0.4, 0.5) is 14.5 Å². The van der Waals surface area contributed by atoms with E-state index in [1.54, 1.807) is 43.3 Å². The summed E-state index contributed by atoms with van der Waals surface area (Å²) >= 11 is 5.85. The normalized spacial score (nSPS) is 14.5. The fourth-order valence-corrected chi connectivity index (χ4v) is 6.34. The SMILES string of the molecule is C1COC1.Cc1cc(NC(=O)c2ccc3c(c2)nc(CN2CC=C(c4cccc(OCc5ccc(Cl)cc5F)n4)CC2)n3C)c(F)c2c(C)[nH]nc12. The molecule has 0 unspecified atom stereocenters. The van der Waals surface area contributed by atoms with Gasteiger partial charge in [0.1, 0.15) is 18.2 Å². The highest BCUT2D eigenvalue weighted by Crippen LogP contribution is 2.30. The molecular weight excluding hydrogens is 688 g/mol. The molecule has 13 heteroatoms. The molecule has 2 aliphatic rings. The number of amides is 1. The maximum absolute atomic E-state index is 15.3. The molecule has 0 radical (unpaired) electrons. The minimum atomic E-state index is -0.516. The van der Waals surface area contributed by atoms with Crippen molar-refractivity contribution in [3.8, 4) is 5.88 Å². The monoisotopic (exact) mass is 725 g/mol. The molecule has 1 fully saturated rings. The average Bonchev–Trinajstić information content (AvgIpc) is 3.65. The number of rotatable bonds is 8. The number of carbonyl (C=O) groups is 1. The minimum Gasteiger partial charge on any atom is -0.473 e. The van der Waals surface area contributed by atoms with E-state index in [1.807, 2.05) is 36.7 Å². The third kappa shape index (κ3) is 7.55. The number of ether oxygens (including phenoxy) is 2. The third-order valence-electron chi connectivity index (χ3n) is 9.30. The molecule has 0 atom stereocenters. The zero-order valence-electron chi connectivity index (χ0n) is 29.1. The number of aromatic amines is 1. The number of aromatic nitrogens is 5. The number of nitrogens with one attached hydrogen (secondary N) is 2. The van der Waals surface area contributed by atoms with Crippen LogP contribution in [0.15, 0.2) is 66.7 Å². The highest BCUT2D eigenvalue weighted by atomic mass is 35.5. The summed E-state index contributed by atoms with van der Waals surface area (Å²) in [7, 11) is 1.96. The van der Waals surface area contributed by atoms with Gasteiger partial charge in [0.25, 0.3) is 5.91 Å². The van der Waals surface area contributed by atoms with Gasteiger partial charge in [-0.2, -0.15) is 5.10 Å². The number of aryl methyl sites for hydroxylation is 3. The smallest absolute Gasteiger partial charge is 0.255 e. The van der Waals surface area contributed by atoms with Crippen molar-refractivity contribution in [1.29, 1.82) is 0 Å². The van der Waals surface area contributed by atoms with E-state index in [-0.39, 0.29) is 12.3 Å². The second-order valence-electron chi connectivity index (χ2n) is 12.9. The highest BCUT2D eigenvalue weighted by Gasteiger charge is 2.20. The minimum absolute atomic E-state index is 0.0523. The predicted molar refractivity (Wildman–Crippen MR) is 197 cm³/mol. The van der Waals surface area contributed by atoms with Crippen molar-refractivity contribution in [2.75, 3.05) is 31.6 Å². The van der Waals surface area contributed by atoms with Gasteiger partial charge in [0.15, 0.2) is 5.82 Å². The number of anilines is 1. The molecule has 3 aromatic heterocycles. The molecular formula is C39H38ClF2N7O3. The van der Waals surface area contributed by atoms with Gasteiger partial charge in [-0.05, 0) is 80.3 Å². The number of hydrogen-bond acceptors (Lipinski definition) is 7.